The number of carbonyl (C=O) groups excluding carboxylic acids is 2. The number of carbonyl (C=O) groups is 2. The molecule has 116 valence electrons. The quantitative estimate of drug-likeness (QED) is 0.814. The molecule has 1 aromatic heterocycles. The van der Waals surface area contributed by atoms with Crippen LogP contribution in [0.1, 0.15) is 35.1 Å². The number of rotatable bonds is 6. The Morgan fingerprint density at radius 3 is 2.77 bits per heavy atom. The van der Waals surface area contributed by atoms with Gasteiger partial charge in [-0.2, -0.15) is 0 Å². The predicted molar refractivity (Wildman–Crippen MR) is 87.8 cm³/mol. The van der Waals surface area contributed by atoms with Gasteiger partial charge < -0.3 is 10.1 Å². The number of thiophene rings is 1. The molecule has 0 spiro atoms. The molecule has 0 unspecified atom stereocenters. The van der Waals surface area contributed by atoms with E-state index in [0.717, 1.165) is 4.88 Å². The largest absolute Gasteiger partial charge is 0.483 e. The van der Waals surface area contributed by atoms with Gasteiger partial charge in [-0.15, -0.1) is 11.3 Å². The minimum atomic E-state index is -0.245. The zero-order chi connectivity index (χ0) is 16.1. The number of ether oxygens (including phenoxy) is 1. The van der Waals surface area contributed by atoms with E-state index in [1.54, 1.807) is 23.5 Å². The third kappa shape index (κ3) is 4.32. The van der Waals surface area contributed by atoms with E-state index in [2.05, 4.69) is 5.32 Å². The average Bonchev–Trinajstić information content (AvgIpc) is 3.00. The number of hydrogen-bond acceptors (Lipinski definition) is 4. The highest BCUT2D eigenvalue weighted by Gasteiger charge is 2.13. The lowest BCUT2D eigenvalue weighted by Crippen LogP contribution is -2.31. The van der Waals surface area contributed by atoms with E-state index in [-0.39, 0.29) is 24.3 Å². The Hall–Kier alpha value is -1.85. The molecule has 22 heavy (non-hydrogen) atoms. The van der Waals surface area contributed by atoms with Gasteiger partial charge >= 0.3 is 0 Å². The highest BCUT2D eigenvalue weighted by atomic mass is 35.5. The van der Waals surface area contributed by atoms with Crippen LogP contribution in [0, 0.1) is 0 Å². The lowest BCUT2D eigenvalue weighted by atomic mass is 10.1. The van der Waals surface area contributed by atoms with Gasteiger partial charge in [0.05, 0.1) is 11.6 Å². The van der Waals surface area contributed by atoms with Crippen molar-refractivity contribution >= 4 is 34.6 Å². The summed E-state index contributed by atoms with van der Waals surface area (Å²) in [4.78, 5) is 24.6. The Bertz CT molecular complexity index is 670. The lowest BCUT2D eigenvalue weighted by molar-refractivity contribution is -0.123. The van der Waals surface area contributed by atoms with Crippen LogP contribution in [0.5, 0.6) is 5.75 Å². The van der Waals surface area contributed by atoms with Gasteiger partial charge in [-0.05, 0) is 43.5 Å². The number of amides is 1. The molecule has 1 amide bonds. The normalized spacial score (nSPS) is 11.8. The lowest BCUT2D eigenvalue weighted by Gasteiger charge is -2.14. The number of hydrogen-bond donors (Lipinski definition) is 1. The summed E-state index contributed by atoms with van der Waals surface area (Å²) in [7, 11) is 0. The first-order chi connectivity index (χ1) is 10.5. The molecule has 0 aliphatic heterocycles. The topological polar surface area (TPSA) is 55.4 Å². The Morgan fingerprint density at radius 2 is 2.14 bits per heavy atom. The molecular weight excluding hydrogens is 322 g/mol. The third-order valence-corrected chi connectivity index (χ3v) is 4.32. The van der Waals surface area contributed by atoms with Crippen molar-refractivity contribution in [1.82, 2.24) is 5.32 Å². The van der Waals surface area contributed by atoms with E-state index in [0.29, 0.717) is 16.3 Å². The summed E-state index contributed by atoms with van der Waals surface area (Å²) >= 11 is 7.44. The average molecular weight is 338 g/mol. The van der Waals surface area contributed by atoms with Gasteiger partial charge in [-0.25, -0.2) is 0 Å². The summed E-state index contributed by atoms with van der Waals surface area (Å²) in [6, 6.07) is 8.57. The molecule has 0 saturated heterocycles. The third-order valence-electron chi connectivity index (χ3n) is 3.03. The standard InChI is InChI=1S/C16H16ClNO3S/c1-10(15-4-3-7-22-15)18-16(20)9-21-14-6-5-12(17)8-13(14)11(2)19/h3-8,10H,9H2,1-2H3,(H,18,20)/t10-/m0/s1. The maximum absolute atomic E-state index is 11.9. The van der Waals surface area contributed by atoms with Crippen molar-refractivity contribution in [3.05, 3.63) is 51.2 Å². The minimum Gasteiger partial charge on any atom is -0.483 e. The van der Waals surface area contributed by atoms with Crippen molar-refractivity contribution in [3.8, 4) is 5.75 Å². The van der Waals surface area contributed by atoms with Gasteiger partial charge in [0.1, 0.15) is 5.75 Å². The second-order valence-corrected chi connectivity index (χ2v) is 6.21. The summed E-state index contributed by atoms with van der Waals surface area (Å²) < 4.78 is 5.45. The number of ketones is 1. The monoisotopic (exact) mass is 337 g/mol. The van der Waals surface area contributed by atoms with Crippen LogP contribution in [0.15, 0.2) is 35.7 Å². The smallest absolute Gasteiger partial charge is 0.258 e. The Balaban J connectivity index is 1.95. The van der Waals surface area contributed by atoms with Crippen LogP contribution < -0.4 is 10.1 Å². The van der Waals surface area contributed by atoms with Gasteiger partial charge in [0.2, 0.25) is 0 Å². The first kappa shape index (κ1) is 16.5. The molecule has 4 nitrogen and oxygen atoms in total. The first-order valence-electron chi connectivity index (χ1n) is 6.73. The van der Waals surface area contributed by atoms with E-state index in [4.69, 9.17) is 16.3 Å². The van der Waals surface area contributed by atoms with Gasteiger partial charge in [0.15, 0.2) is 12.4 Å². The molecule has 0 aliphatic carbocycles. The summed E-state index contributed by atoms with van der Waals surface area (Å²) in [5, 5.41) is 5.26. The molecule has 2 aromatic rings. The number of nitrogens with one attached hydrogen (secondary N) is 1. The molecule has 1 N–H and O–H groups in total. The second kappa shape index (κ2) is 7.42. The van der Waals surface area contributed by atoms with Crippen LogP contribution in [0.2, 0.25) is 5.02 Å². The van der Waals surface area contributed by atoms with Crippen LogP contribution in [0.3, 0.4) is 0 Å². The first-order valence-corrected chi connectivity index (χ1v) is 7.99. The van der Waals surface area contributed by atoms with Crippen molar-refractivity contribution in [1.29, 1.82) is 0 Å². The van der Waals surface area contributed by atoms with E-state index in [1.807, 2.05) is 24.4 Å². The fourth-order valence-electron chi connectivity index (χ4n) is 1.94. The molecule has 0 bridgehead atoms. The Morgan fingerprint density at radius 1 is 1.36 bits per heavy atom. The molecule has 1 aromatic carbocycles. The van der Waals surface area contributed by atoms with E-state index < -0.39 is 0 Å². The zero-order valence-electron chi connectivity index (χ0n) is 12.3. The van der Waals surface area contributed by atoms with E-state index >= 15 is 0 Å². The molecule has 0 fully saturated rings. The number of halogens is 1. The van der Waals surface area contributed by atoms with Gasteiger partial charge in [-0.3, -0.25) is 9.59 Å². The molecule has 1 atom stereocenters. The second-order valence-electron chi connectivity index (χ2n) is 4.79. The van der Waals surface area contributed by atoms with E-state index in [1.165, 1.54) is 13.0 Å². The molecule has 0 aliphatic rings. The van der Waals surface area contributed by atoms with Crippen LogP contribution in [-0.4, -0.2) is 18.3 Å². The minimum absolute atomic E-state index is 0.0754. The highest BCUT2D eigenvalue weighted by Crippen LogP contribution is 2.23. The molecule has 6 heteroatoms. The van der Waals surface area contributed by atoms with Gasteiger partial charge in [0, 0.05) is 9.90 Å². The van der Waals surface area contributed by atoms with Crippen LogP contribution >= 0.6 is 22.9 Å². The van der Waals surface area contributed by atoms with Crippen molar-refractivity contribution in [2.24, 2.45) is 0 Å². The summed E-state index contributed by atoms with van der Waals surface area (Å²) in [6.07, 6.45) is 0. The van der Waals surface area contributed by atoms with Crippen molar-refractivity contribution in [3.63, 3.8) is 0 Å². The molecule has 2 rings (SSSR count). The van der Waals surface area contributed by atoms with Crippen molar-refractivity contribution in [2.75, 3.05) is 6.61 Å². The molecule has 0 radical (unpaired) electrons. The Kier molecular flexibility index (Phi) is 5.57. The fourth-order valence-corrected chi connectivity index (χ4v) is 2.84. The highest BCUT2D eigenvalue weighted by molar-refractivity contribution is 7.10. The Labute approximate surface area is 138 Å². The number of Topliss-reactive ketones (excluding diaryl/α,β-unsaturated/α-hetero) is 1. The maximum Gasteiger partial charge on any atom is 0.258 e. The van der Waals surface area contributed by atoms with Crippen LogP contribution in [-0.2, 0) is 4.79 Å². The fraction of sp³-hybridized carbons (Fsp3) is 0.250. The number of benzene rings is 1. The maximum atomic E-state index is 11.9. The van der Waals surface area contributed by atoms with Crippen molar-refractivity contribution in [2.45, 2.75) is 19.9 Å². The van der Waals surface area contributed by atoms with Crippen LogP contribution in [0.25, 0.3) is 0 Å². The summed E-state index contributed by atoms with van der Waals surface area (Å²) in [5.41, 5.74) is 0.367. The van der Waals surface area contributed by atoms with Gasteiger partial charge in [0.25, 0.3) is 5.91 Å². The molecular formula is C16H16ClNO3S. The van der Waals surface area contributed by atoms with Crippen molar-refractivity contribution < 1.29 is 14.3 Å². The van der Waals surface area contributed by atoms with Crippen LogP contribution in [0.4, 0.5) is 0 Å². The summed E-state index contributed by atoms with van der Waals surface area (Å²) in [5.74, 6) is -0.0500. The van der Waals surface area contributed by atoms with Gasteiger partial charge in [-0.1, -0.05) is 17.7 Å². The predicted octanol–water partition coefficient (Wildman–Crippen LogP) is 3.86. The molecule has 0 saturated carbocycles. The SMILES string of the molecule is CC(=O)c1cc(Cl)ccc1OCC(=O)N[C@@H](C)c1cccs1. The summed E-state index contributed by atoms with van der Waals surface area (Å²) in [6.45, 7) is 3.18. The van der Waals surface area contributed by atoms with E-state index in [9.17, 15) is 9.59 Å². The molecule has 1 heterocycles. The zero-order valence-corrected chi connectivity index (χ0v) is 13.8.